The quantitative estimate of drug-likeness (QED) is 0.144. The van der Waals surface area contributed by atoms with Gasteiger partial charge in [-0.05, 0) is 38.5 Å². The molecule has 0 aliphatic rings. The number of carbonyl (C=O) groups is 2. The van der Waals surface area contributed by atoms with Gasteiger partial charge in [-0.2, -0.15) is 0 Å². The maximum atomic E-state index is 12.2. The van der Waals surface area contributed by atoms with E-state index in [0.29, 0.717) is 25.6 Å². The molecule has 32 heavy (non-hydrogen) atoms. The molecule has 0 spiro atoms. The molecule has 0 fully saturated rings. The molecule has 0 N–H and O–H groups in total. The molecular weight excluding hydrogens is 400 g/mol. The maximum Gasteiger partial charge on any atom is 0.311 e. The number of hydrogen-bond acceptors (Lipinski definition) is 4. The molecular formula is C28H56O4. The number of rotatable bonds is 19. The first kappa shape index (κ1) is 33.1. The van der Waals surface area contributed by atoms with E-state index in [1.165, 1.54) is 57.8 Å². The third-order valence-electron chi connectivity index (χ3n) is 5.92. The van der Waals surface area contributed by atoms with Crippen molar-refractivity contribution in [1.82, 2.24) is 0 Å². The highest BCUT2D eigenvalue weighted by Gasteiger charge is 2.32. The average Bonchev–Trinajstić information content (AvgIpc) is 2.76. The van der Waals surface area contributed by atoms with Crippen molar-refractivity contribution >= 4 is 11.9 Å². The van der Waals surface area contributed by atoms with Gasteiger partial charge in [0.05, 0.1) is 18.6 Å². The van der Waals surface area contributed by atoms with Gasteiger partial charge in [0.25, 0.3) is 0 Å². The van der Waals surface area contributed by atoms with Crippen molar-refractivity contribution in [1.29, 1.82) is 0 Å². The number of ether oxygens (including phenoxy) is 2. The van der Waals surface area contributed by atoms with Gasteiger partial charge in [-0.3, -0.25) is 9.59 Å². The van der Waals surface area contributed by atoms with Gasteiger partial charge < -0.3 is 9.47 Å². The summed E-state index contributed by atoms with van der Waals surface area (Å²) in [6.07, 6.45) is 16.6. The minimum atomic E-state index is -0.265. The first-order valence-electron chi connectivity index (χ1n) is 13.6. The molecule has 1 unspecified atom stereocenters. The van der Waals surface area contributed by atoms with Gasteiger partial charge in [-0.1, -0.05) is 106 Å². The summed E-state index contributed by atoms with van der Waals surface area (Å²) in [7, 11) is 0. The first-order valence-corrected chi connectivity index (χ1v) is 13.6. The lowest BCUT2D eigenvalue weighted by Crippen LogP contribution is -2.29. The molecule has 4 nitrogen and oxygen atoms in total. The summed E-state index contributed by atoms with van der Waals surface area (Å²) >= 11 is 0. The third kappa shape index (κ3) is 20.8. The van der Waals surface area contributed by atoms with E-state index in [0.717, 1.165) is 32.1 Å². The van der Waals surface area contributed by atoms with Gasteiger partial charge in [0.2, 0.25) is 0 Å². The summed E-state index contributed by atoms with van der Waals surface area (Å²) in [5, 5.41) is 0. The Morgan fingerprint density at radius 2 is 1.16 bits per heavy atom. The summed E-state index contributed by atoms with van der Waals surface area (Å²) in [6.45, 7) is 16.0. The molecule has 0 bridgehead atoms. The minimum Gasteiger partial charge on any atom is -0.466 e. The van der Waals surface area contributed by atoms with Gasteiger partial charge in [-0.25, -0.2) is 0 Å². The first-order chi connectivity index (χ1) is 15.3. The molecule has 192 valence electrons. The second-order valence-corrected chi connectivity index (χ2v) is 9.80. The summed E-state index contributed by atoms with van der Waals surface area (Å²) < 4.78 is 10.5. The molecule has 0 aromatic carbocycles. The Labute approximate surface area is 200 Å². The van der Waals surface area contributed by atoms with Gasteiger partial charge >= 0.3 is 11.9 Å². The minimum absolute atomic E-state index is 0.0167. The molecule has 0 aliphatic heterocycles. The lowest BCUT2D eigenvalue weighted by molar-refractivity contribution is -0.156. The van der Waals surface area contributed by atoms with Gasteiger partial charge in [0.15, 0.2) is 0 Å². The summed E-state index contributed by atoms with van der Waals surface area (Å²) in [4.78, 5) is 23.2. The molecule has 0 saturated carbocycles. The molecule has 0 aliphatic carbocycles. The van der Waals surface area contributed by atoms with Crippen LogP contribution in [0.1, 0.15) is 145 Å². The summed E-state index contributed by atoms with van der Waals surface area (Å²) in [5.74, 6) is 0.373. The van der Waals surface area contributed by atoms with E-state index >= 15 is 0 Å². The molecule has 1 atom stereocenters. The molecule has 0 radical (unpaired) electrons. The van der Waals surface area contributed by atoms with Crippen LogP contribution in [0.2, 0.25) is 0 Å². The van der Waals surface area contributed by atoms with Crippen LogP contribution in [-0.4, -0.2) is 25.2 Å². The van der Waals surface area contributed by atoms with E-state index in [1.54, 1.807) is 0 Å². The highest BCUT2D eigenvalue weighted by Crippen LogP contribution is 2.30. The van der Waals surface area contributed by atoms with E-state index in [4.69, 9.17) is 9.47 Å². The van der Waals surface area contributed by atoms with Crippen molar-refractivity contribution in [3.05, 3.63) is 0 Å². The van der Waals surface area contributed by atoms with Crippen LogP contribution >= 0.6 is 0 Å². The van der Waals surface area contributed by atoms with E-state index in [1.807, 2.05) is 13.8 Å². The fourth-order valence-electron chi connectivity index (χ4n) is 3.34. The number of carbonyl (C=O) groups excluding carboxylic acids is 2. The molecule has 0 heterocycles. The van der Waals surface area contributed by atoms with Crippen molar-refractivity contribution in [2.45, 2.75) is 145 Å². The van der Waals surface area contributed by atoms with Crippen LogP contribution < -0.4 is 0 Å². The lowest BCUT2D eigenvalue weighted by atomic mass is 9.82. The topological polar surface area (TPSA) is 52.6 Å². The zero-order valence-corrected chi connectivity index (χ0v) is 22.7. The Morgan fingerprint density at radius 1 is 0.688 bits per heavy atom. The van der Waals surface area contributed by atoms with Crippen molar-refractivity contribution < 1.29 is 19.1 Å². The normalized spacial score (nSPS) is 12.6. The predicted octanol–water partition coefficient (Wildman–Crippen LogP) is 8.65. The Balaban J connectivity index is 0. The van der Waals surface area contributed by atoms with Crippen molar-refractivity contribution in [2.75, 3.05) is 13.2 Å². The van der Waals surface area contributed by atoms with E-state index < -0.39 is 0 Å². The maximum absolute atomic E-state index is 12.2. The highest BCUT2D eigenvalue weighted by atomic mass is 16.5. The lowest BCUT2D eigenvalue weighted by Gasteiger charge is -2.26. The second kappa shape index (κ2) is 23.1. The number of hydrogen-bond donors (Lipinski definition) is 0. The van der Waals surface area contributed by atoms with Crippen LogP contribution in [0.15, 0.2) is 0 Å². The van der Waals surface area contributed by atoms with E-state index in [-0.39, 0.29) is 17.4 Å². The van der Waals surface area contributed by atoms with E-state index in [2.05, 4.69) is 34.6 Å². The Bertz CT molecular complexity index is 433. The van der Waals surface area contributed by atoms with Crippen molar-refractivity contribution in [2.24, 2.45) is 11.3 Å². The van der Waals surface area contributed by atoms with Crippen molar-refractivity contribution in [3.63, 3.8) is 0 Å². The van der Waals surface area contributed by atoms with E-state index in [9.17, 15) is 9.59 Å². The fraction of sp³-hybridized carbons (Fsp3) is 0.929. The molecule has 0 rings (SSSR count). The summed E-state index contributed by atoms with van der Waals surface area (Å²) in [5.41, 5.74) is -0.265. The Kier molecular flexibility index (Phi) is 23.9. The van der Waals surface area contributed by atoms with Crippen LogP contribution in [0.5, 0.6) is 0 Å². The Hall–Kier alpha value is -1.06. The molecule has 4 heteroatoms. The van der Waals surface area contributed by atoms with Crippen LogP contribution in [0.25, 0.3) is 0 Å². The highest BCUT2D eigenvalue weighted by molar-refractivity contribution is 5.76. The van der Waals surface area contributed by atoms with Gasteiger partial charge in [0, 0.05) is 6.42 Å². The molecule has 0 aromatic heterocycles. The van der Waals surface area contributed by atoms with Crippen LogP contribution in [0.3, 0.4) is 0 Å². The number of esters is 2. The average molecular weight is 457 g/mol. The van der Waals surface area contributed by atoms with Gasteiger partial charge in [-0.15, -0.1) is 0 Å². The largest absolute Gasteiger partial charge is 0.466 e. The van der Waals surface area contributed by atoms with Gasteiger partial charge in [0.1, 0.15) is 0 Å². The SMILES string of the molecule is CCCCCCOC(=O)C(C)(CC)CCCCCC.CCCCCCOC(=O)CC(C)C. The molecule has 0 saturated heterocycles. The zero-order valence-electron chi connectivity index (χ0n) is 22.7. The number of unbranched alkanes of at least 4 members (excludes halogenated alkanes) is 9. The summed E-state index contributed by atoms with van der Waals surface area (Å²) in [6, 6.07) is 0. The van der Waals surface area contributed by atoms with Crippen LogP contribution in [-0.2, 0) is 19.1 Å². The second-order valence-electron chi connectivity index (χ2n) is 9.80. The standard InChI is InChI=1S/C17H34O2.C11H22O2/c1-5-8-10-12-14-17(4,7-3)16(18)19-15-13-11-9-6-2;1-4-5-6-7-8-13-11(12)9-10(2)3/h5-15H2,1-4H3;10H,4-9H2,1-3H3. The predicted molar refractivity (Wildman–Crippen MR) is 137 cm³/mol. The fourth-order valence-corrected chi connectivity index (χ4v) is 3.34. The van der Waals surface area contributed by atoms with Crippen molar-refractivity contribution in [3.8, 4) is 0 Å². The van der Waals surface area contributed by atoms with Crippen LogP contribution in [0, 0.1) is 11.3 Å². The molecule has 0 amide bonds. The molecule has 0 aromatic rings. The monoisotopic (exact) mass is 456 g/mol. The third-order valence-corrected chi connectivity index (χ3v) is 5.92. The van der Waals surface area contributed by atoms with Crippen LogP contribution in [0.4, 0.5) is 0 Å². The smallest absolute Gasteiger partial charge is 0.311 e. The Morgan fingerprint density at radius 3 is 1.59 bits per heavy atom. The zero-order chi connectivity index (χ0) is 24.7.